The smallest absolute Gasteiger partial charge is 0.259 e. The Morgan fingerprint density at radius 2 is 2.04 bits per heavy atom. The number of halogens is 1. The molecule has 3 heterocycles. The van der Waals surface area contributed by atoms with Gasteiger partial charge in [-0.3, -0.25) is 4.79 Å². The van der Waals surface area contributed by atoms with E-state index in [0.717, 1.165) is 9.26 Å². The molecule has 1 N–H and O–H groups in total. The summed E-state index contributed by atoms with van der Waals surface area (Å²) >= 11 is 2.18. The first-order valence-electron chi connectivity index (χ1n) is 7.50. The Hall–Kier alpha value is -2.68. The summed E-state index contributed by atoms with van der Waals surface area (Å²) in [6, 6.07) is 12.8. The lowest BCUT2D eigenvalue weighted by atomic mass is 10.1. The highest BCUT2D eigenvalue weighted by atomic mass is 127. The Morgan fingerprint density at radius 1 is 1.20 bits per heavy atom. The molecule has 1 aromatic carbocycles. The molecule has 0 aliphatic heterocycles. The number of aromatic nitrogens is 2. The lowest BCUT2D eigenvalue weighted by Gasteiger charge is -2.09. The second-order valence-electron chi connectivity index (χ2n) is 5.41. The maximum absolute atomic E-state index is 12.9. The van der Waals surface area contributed by atoms with Crippen LogP contribution in [0.25, 0.3) is 22.6 Å². The quantitative estimate of drug-likeness (QED) is 0.465. The molecule has 0 atom stereocenters. The van der Waals surface area contributed by atoms with Gasteiger partial charge in [-0.15, -0.1) is 0 Å². The van der Waals surface area contributed by atoms with Crippen molar-refractivity contribution < 1.29 is 13.7 Å². The number of benzene rings is 1. The van der Waals surface area contributed by atoms with Gasteiger partial charge in [0.2, 0.25) is 0 Å². The number of furan rings is 1. The molecule has 6 nitrogen and oxygen atoms in total. The summed E-state index contributed by atoms with van der Waals surface area (Å²) < 4.78 is 11.6. The Morgan fingerprint density at radius 3 is 2.80 bits per heavy atom. The van der Waals surface area contributed by atoms with Gasteiger partial charge < -0.3 is 14.3 Å². The molecule has 0 unspecified atom stereocenters. The van der Waals surface area contributed by atoms with Crippen LogP contribution in [-0.2, 0) is 0 Å². The minimum absolute atomic E-state index is 0.254. The van der Waals surface area contributed by atoms with Crippen molar-refractivity contribution in [2.45, 2.75) is 6.92 Å². The van der Waals surface area contributed by atoms with Crippen LogP contribution in [0.1, 0.15) is 16.1 Å². The average Bonchev–Trinajstić information content (AvgIpc) is 3.26. The van der Waals surface area contributed by atoms with Crippen molar-refractivity contribution in [1.29, 1.82) is 0 Å². The zero-order valence-corrected chi connectivity index (χ0v) is 15.3. The van der Waals surface area contributed by atoms with Crippen molar-refractivity contribution in [2.24, 2.45) is 0 Å². The highest BCUT2D eigenvalue weighted by Crippen LogP contribution is 2.28. The van der Waals surface area contributed by atoms with Gasteiger partial charge in [-0.05, 0) is 59.8 Å². The standard InChI is InChI=1S/C18H12IN3O3/c1-10-16-11(17(23)20-13-6-3-2-5-12(13)19)9-14(15-7-4-8-24-15)21-18(16)25-22-10/h2-9H,1H3,(H,20,23). The van der Waals surface area contributed by atoms with E-state index in [2.05, 4.69) is 38.0 Å². The zero-order chi connectivity index (χ0) is 17.4. The third kappa shape index (κ3) is 2.91. The van der Waals surface area contributed by atoms with E-state index < -0.39 is 0 Å². The molecule has 25 heavy (non-hydrogen) atoms. The zero-order valence-electron chi connectivity index (χ0n) is 13.1. The monoisotopic (exact) mass is 445 g/mol. The van der Waals surface area contributed by atoms with Crippen LogP contribution in [0.2, 0.25) is 0 Å². The minimum atomic E-state index is -0.254. The highest BCUT2D eigenvalue weighted by molar-refractivity contribution is 14.1. The molecule has 0 radical (unpaired) electrons. The predicted molar refractivity (Wildman–Crippen MR) is 101 cm³/mol. The minimum Gasteiger partial charge on any atom is -0.463 e. The van der Waals surface area contributed by atoms with Crippen molar-refractivity contribution in [2.75, 3.05) is 5.32 Å². The summed E-state index contributed by atoms with van der Waals surface area (Å²) in [7, 11) is 0. The number of hydrogen-bond donors (Lipinski definition) is 1. The summed E-state index contributed by atoms with van der Waals surface area (Å²) in [5, 5.41) is 7.47. The summed E-state index contributed by atoms with van der Waals surface area (Å²) in [6.07, 6.45) is 1.55. The number of hydrogen-bond acceptors (Lipinski definition) is 5. The van der Waals surface area contributed by atoms with E-state index in [1.165, 1.54) is 0 Å². The normalized spacial score (nSPS) is 11.0. The van der Waals surface area contributed by atoms with Crippen molar-refractivity contribution in [3.8, 4) is 11.5 Å². The fraction of sp³-hybridized carbons (Fsp3) is 0.0556. The van der Waals surface area contributed by atoms with Crippen molar-refractivity contribution in [1.82, 2.24) is 10.1 Å². The number of fused-ring (bicyclic) bond motifs is 1. The van der Waals surface area contributed by atoms with Gasteiger partial charge in [0.1, 0.15) is 5.69 Å². The van der Waals surface area contributed by atoms with Gasteiger partial charge >= 0.3 is 0 Å². The number of pyridine rings is 1. The van der Waals surface area contributed by atoms with Crippen LogP contribution in [0.15, 0.2) is 57.7 Å². The molecule has 0 aliphatic rings. The number of amides is 1. The van der Waals surface area contributed by atoms with Crippen LogP contribution in [0.5, 0.6) is 0 Å². The number of para-hydroxylation sites is 1. The Labute approximate surface area is 156 Å². The molecule has 4 aromatic rings. The topological polar surface area (TPSA) is 81.2 Å². The summed E-state index contributed by atoms with van der Waals surface area (Å²) in [6.45, 7) is 1.78. The van der Waals surface area contributed by atoms with Gasteiger partial charge in [-0.2, -0.15) is 0 Å². The molecule has 0 spiro atoms. The van der Waals surface area contributed by atoms with Crippen molar-refractivity contribution in [3.05, 3.63) is 63.6 Å². The van der Waals surface area contributed by atoms with E-state index in [4.69, 9.17) is 8.94 Å². The van der Waals surface area contributed by atoms with E-state index in [0.29, 0.717) is 33.8 Å². The van der Waals surface area contributed by atoms with Crippen molar-refractivity contribution >= 4 is 45.3 Å². The fourth-order valence-corrected chi connectivity index (χ4v) is 3.10. The van der Waals surface area contributed by atoms with E-state index in [1.807, 2.05) is 24.3 Å². The molecular formula is C18H12IN3O3. The first-order valence-corrected chi connectivity index (χ1v) is 8.58. The van der Waals surface area contributed by atoms with E-state index in [9.17, 15) is 4.79 Å². The summed E-state index contributed by atoms with van der Waals surface area (Å²) in [5.41, 5.74) is 2.61. The number of anilines is 1. The van der Waals surface area contributed by atoms with Gasteiger partial charge in [0, 0.05) is 3.57 Å². The molecule has 124 valence electrons. The Balaban J connectivity index is 1.83. The van der Waals surface area contributed by atoms with Crippen LogP contribution in [-0.4, -0.2) is 16.0 Å². The third-order valence-corrected chi connectivity index (χ3v) is 4.70. The number of aryl methyl sites for hydroxylation is 1. The number of carbonyl (C=O) groups excluding carboxylic acids is 1. The summed E-state index contributed by atoms with van der Waals surface area (Å²) in [4.78, 5) is 17.3. The second kappa shape index (κ2) is 6.32. The maximum Gasteiger partial charge on any atom is 0.259 e. The van der Waals surface area contributed by atoms with Crippen LogP contribution in [0, 0.1) is 10.5 Å². The molecule has 0 saturated heterocycles. The molecule has 3 aromatic heterocycles. The first kappa shape index (κ1) is 15.8. The number of nitrogens with zero attached hydrogens (tertiary/aromatic N) is 2. The average molecular weight is 445 g/mol. The SMILES string of the molecule is Cc1noc2nc(-c3ccco3)cc(C(=O)Nc3ccccc3I)c12. The maximum atomic E-state index is 12.9. The van der Waals surface area contributed by atoms with Gasteiger partial charge in [0.15, 0.2) is 5.76 Å². The Kier molecular flexibility index (Phi) is 4.00. The molecule has 7 heteroatoms. The molecule has 0 saturated carbocycles. The van der Waals surface area contributed by atoms with Crippen LogP contribution in [0.4, 0.5) is 5.69 Å². The van der Waals surface area contributed by atoms with Crippen LogP contribution in [0.3, 0.4) is 0 Å². The van der Waals surface area contributed by atoms with Crippen molar-refractivity contribution in [3.63, 3.8) is 0 Å². The molecule has 1 amide bonds. The molecule has 4 rings (SSSR count). The van der Waals surface area contributed by atoms with E-state index in [1.54, 1.807) is 31.4 Å². The van der Waals surface area contributed by atoms with Gasteiger partial charge in [0.25, 0.3) is 11.6 Å². The second-order valence-corrected chi connectivity index (χ2v) is 6.58. The first-order chi connectivity index (χ1) is 12.1. The largest absolute Gasteiger partial charge is 0.463 e. The fourth-order valence-electron chi connectivity index (χ4n) is 2.58. The molecule has 0 aliphatic carbocycles. The Bertz CT molecular complexity index is 1070. The van der Waals surface area contributed by atoms with Gasteiger partial charge in [0.05, 0.1) is 28.6 Å². The third-order valence-electron chi connectivity index (χ3n) is 3.76. The van der Waals surface area contributed by atoms with Crippen LogP contribution >= 0.6 is 22.6 Å². The number of rotatable bonds is 3. The number of carbonyl (C=O) groups is 1. The lowest BCUT2D eigenvalue weighted by Crippen LogP contribution is -2.14. The van der Waals surface area contributed by atoms with Gasteiger partial charge in [-0.1, -0.05) is 17.3 Å². The molecule has 0 fully saturated rings. The molecule has 0 bridgehead atoms. The van der Waals surface area contributed by atoms with Gasteiger partial charge in [-0.25, -0.2) is 4.98 Å². The van der Waals surface area contributed by atoms with E-state index in [-0.39, 0.29) is 5.91 Å². The predicted octanol–water partition coefficient (Wildman–Crippen LogP) is 4.65. The summed E-state index contributed by atoms with van der Waals surface area (Å²) in [5.74, 6) is 0.301. The number of nitrogens with one attached hydrogen (secondary N) is 1. The van der Waals surface area contributed by atoms with E-state index >= 15 is 0 Å². The van der Waals surface area contributed by atoms with Crippen LogP contribution < -0.4 is 5.32 Å². The lowest BCUT2D eigenvalue weighted by molar-refractivity contribution is 0.102. The molecular weight excluding hydrogens is 433 g/mol. The highest BCUT2D eigenvalue weighted by Gasteiger charge is 2.20.